The van der Waals surface area contributed by atoms with Crippen LogP contribution in [0.2, 0.25) is 0 Å². The van der Waals surface area contributed by atoms with Crippen molar-refractivity contribution in [2.24, 2.45) is 0 Å². The summed E-state index contributed by atoms with van der Waals surface area (Å²) in [6.45, 7) is 5.18. The summed E-state index contributed by atoms with van der Waals surface area (Å²) >= 11 is 0. The lowest BCUT2D eigenvalue weighted by molar-refractivity contribution is -0.137. The van der Waals surface area contributed by atoms with E-state index in [0.717, 1.165) is 24.3 Å². The highest BCUT2D eigenvalue weighted by Crippen LogP contribution is 2.38. The van der Waals surface area contributed by atoms with Crippen LogP contribution in [0.4, 0.5) is 0 Å². The number of hydrogen-bond acceptors (Lipinski definition) is 4. The van der Waals surface area contributed by atoms with E-state index >= 15 is 0 Å². The van der Waals surface area contributed by atoms with E-state index in [1.54, 1.807) is 18.5 Å². The molecule has 1 atom stereocenters. The van der Waals surface area contributed by atoms with Crippen molar-refractivity contribution in [2.45, 2.75) is 50.9 Å². The summed E-state index contributed by atoms with van der Waals surface area (Å²) in [5.41, 5.74) is 2.17. The summed E-state index contributed by atoms with van der Waals surface area (Å²) in [5, 5.41) is 8.89. The average Bonchev–Trinajstić information content (AvgIpc) is 2.65. The molecule has 1 aliphatic rings. The number of rotatable bonds is 5. The number of ether oxygens (including phenoxy) is 1. The quantitative estimate of drug-likeness (QED) is 0.814. The third-order valence-electron chi connectivity index (χ3n) is 4.86. The average molecular weight is 364 g/mol. The van der Waals surface area contributed by atoms with Gasteiger partial charge in [0.05, 0.1) is 12.5 Å². The summed E-state index contributed by atoms with van der Waals surface area (Å²) in [4.78, 5) is 19.4. The summed E-state index contributed by atoms with van der Waals surface area (Å²) in [5.74, 6) is 7.07. The maximum atomic E-state index is 10.8. The first-order valence-corrected chi connectivity index (χ1v) is 9.23. The van der Waals surface area contributed by atoms with Gasteiger partial charge < -0.3 is 9.84 Å². The van der Waals surface area contributed by atoms with Gasteiger partial charge in [-0.25, -0.2) is 9.97 Å². The normalized spacial score (nSPS) is 15.6. The number of aromatic nitrogens is 2. The molecule has 0 bridgehead atoms. The molecule has 5 nitrogen and oxygen atoms in total. The van der Waals surface area contributed by atoms with Crippen molar-refractivity contribution < 1.29 is 14.6 Å². The topological polar surface area (TPSA) is 72.3 Å². The minimum Gasteiger partial charge on any atom is -0.493 e. The van der Waals surface area contributed by atoms with E-state index in [1.807, 2.05) is 12.1 Å². The summed E-state index contributed by atoms with van der Waals surface area (Å²) in [6.07, 6.45) is 5.63. The Hall–Kier alpha value is -2.87. The van der Waals surface area contributed by atoms with Gasteiger partial charge >= 0.3 is 5.97 Å². The first-order valence-electron chi connectivity index (χ1n) is 9.23. The summed E-state index contributed by atoms with van der Waals surface area (Å²) in [6, 6.07) is 7.81. The molecule has 0 amide bonds. The first-order chi connectivity index (χ1) is 13.0. The lowest BCUT2D eigenvalue weighted by Gasteiger charge is -2.32. The Morgan fingerprint density at radius 2 is 2.11 bits per heavy atom. The number of carboxylic acid groups (broad SMARTS) is 1. The van der Waals surface area contributed by atoms with Crippen molar-refractivity contribution >= 4 is 5.97 Å². The van der Waals surface area contributed by atoms with E-state index in [-0.39, 0.29) is 17.8 Å². The third kappa shape index (κ3) is 4.85. The SMILES string of the molecule is CC1(C)CCOc2ccc(C#CC(CCCC(=O)O)c3ncccn3)cc21. The summed E-state index contributed by atoms with van der Waals surface area (Å²) < 4.78 is 5.76. The first kappa shape index (κ1) is 18.9. The molecule has 1 aromatic heterocycles. The monoisotopic (exact) mass is 364 g/mol. The van der Waals surface area contributed by atoms with Crippen molar-refractivity contribution in [2.75, 3.05) is 6.61 Å². The molecule has 1 unspecified atom stereocenters. The van der Waals surface area contributed by atoms with Gasteiger partial charge in [-0.1, -0.05) is 25.7 Å². The highest BCUT2D eigenvalue weighted by Gasteiger charge is 2.28. The zero-order valence-corrected chi connectivity index (χ0v) is 15.7. The Labute approximate surface area is 159 Å². The Morgan fingerprint density at radius 1 is 1.33 bits per heavy atom. The number of carbonyl (C=O) groups is 1. The van der Waals surface area contributed by atoms with Gasteiger partial charge in [-0.3, -0.25) is 4.79 Å². The van der Waals surface area contributed by atoms with E-state index in [9.17, 15) is 4.79 Å². The summed E-state index contributed by atoms with van der Waals surface area (Å²) in [7, 11) is 0. The zero-order chi connectivity index (χ0) is 19.3. The molecule has 1 aromatic carbocycles. The molecule has 0 spiro atoms. The van der Waals surface area contributed by atoms with Crippen molar-refractivity contribution in [1.82, 2.24) is 9.97 Å². The highest BCUT2D eigenvalue weighted by molar-refractivity contribution is 5.66. The van der Waals surface area contributed by atoms with Crippen LogP contribution in [-0.4, -0.2) is 27.7 Å². The van der Waals surface area contributed by atoms with Gasteiger partial charge in [0.2, 0.25) is 0 Å². The molecule has 1 aliphatic heterocycles. The number of hydrogen-bond donors (Lipinski definition) is 1. The van der Waals surface area contributed by atoms with E-state index < -0.39 is 5.97 Å². The zero-order valence-electron chi connectivity index (χ0n) is 15.7. The Kier molecular flexibility index (Phi) is 5.75. The molecule has 5 heteroatoms. The number of aliphatic carboxylic acids is 1. The van der Waals surface area contributed by atoms with Crippen LogP contribution in [-0.2, 0) is 10.2 Å². The van der Waals surface area contributed by atoms with Gasteiger partial charge in [-0.2, -0.15) is 0 Å². The van der Waals surface area contributed by atoms with Crippen LogP contribution in [0.25, 0.3) is 0 Å². The van der Waals surface area contributed by atoms with E-state index in [0.29, 0.717) is 18.7 Å². The molecule has 2 heterocycles. The minimum atomic E-state index is -0.799. The molecule has 1 N–H and O–H groups in total. The number of nitrogens with zero attached hydrogens (tertiary/aromatic N) is 2. The fraction of sp³-hybridized carbons (Fsp3) is 0.409. The lowest BCUT2D eigenvalue weighted by atomic mass is 9.79. The molecular weight excluding hydrogens is 340 g/mol. The molecule has 0 saturated heterocycles. The number of fused-ring (bicyclic) bond motifs is 1. The molecule has 0 fully saturated rings. The minimum absolute atomic E-state index is 0.0642. The lowest BCUT2D eigenvalue weighted by Crippen LogP contribution is -2.26. The Morgan fingerprint density at radius 3 is 2.85 bits per heavy atom. The smallest absolute Gasteiger partial charge is 0.303 e. The number of benzene rings is 1. The molecule has 27 heavy (non-hydrogen) atoms. The molecule has 3 rings (SSSR count). The van der Waals surface area contributed by atoms with E-state index in [4.69, 9.17) is 9.84 Å². The molecule has 0 aliphatic carbocycles. The largest absolute Gasteiger partial charge is 0.493 e. The Balaban J connectivity index is 1.84. The van der Waals surface area contributed by atoms with Gasteiger partial charge in [0.15, 0.2) is 0 Å². The van der Waals surface area contributed by atoms with Crippen molar-refractivity contribution in [3.63, 3.8) is 0 Å². The van der Waals surface area contributed by atoms with Gasteiger partial charge in [-0.05, 0) is 48.9 Å². The maximum Gasteiger partial charge on any atom is 0.303 e. The third-order valence-corrected chi connectivity index (χ3v) is 4.86. The highest BCUT2D eigenvalue weighted by atomic mass is 16.5. The fourth-order valence-corrected chi connectivity index (χ4v) is 3.20. The van der Waals surface area contributed by atoms with Crippen molar-refractivity contribution in [3.05, 3.63) is 53.6 Å². The second kappa shape index (κ2) is 8.22. The molecular formula is C22H24N2O3. The van der Waals surface area contributed by atoms with Gasteiger partial charge in [-0.15, -0.1) is 0 Å². The maximum absolute atomic E-state index is 10.8. The van der Waals surface area contributed by atoms with Crippen LogP contribution in [0, 0.1) is 11.8 Å². The van der Waals surface area contributed by atoms with Crippen LogP contribution in [0.15, 0.2) is 36.7 Å². The molecule has 140 valence electrons. The van der Waals surface area contributed by atoms with Crippen LogP contribution in [0.5, 0.6) is 5.75 Å². The van der Waals surface area contributed by atoms with Crippen LogP contribution in [0.1, 0.15) is 62.4 Å². The van der Waals surface area contributed by atoms with Crippen LogP contribution < -0.4 is 4.74 Å². The van der Waals surface area contributed by atoms with E-state index in [1.165, 1.54) is 5.56 Å². The van der Waals surface area contributed by atoms with Crippen molar-refractivity contribution in [1.29, 1.82) is 0 Å². The van der Waals surface area contributed by atoms with Crippen LogP contribution >= 0.6 is 0 Å². The molecule has 2 aromatic rings. The molecule has 0 saturated carbocycles. The predicted octanol–water partition coefficient (Wildman–Crippen LogP) is 3.93. The van der Waals surface area contributed by atoms with Crippen molar-refractivity contribution in [3.8, 4) is 17.6 Å². The van der Waals surface area contributed by atoms with E-state index in [2.05, 4.69) is 41.7 Å². The van der Waals surface area contributed by atoms with Gasteiger partial charge in [0, 0.05) is 29.9 Å². The van der Waals surface area contributed by atoms with Crippen LogP contribution in [0.3, 0.4) is 0 Å². The van der Waals surface area contributed by atoms with Gasteiger partial charge in [0.1, 0.15) is 11.6 Å². The number of carboxylic acids is 1. The standard InChI is InChI=1S/C22H24N2O3/c1-22(2)11-14-27-19-10-8-16(15-18(19)22)7-9-17(5-3-6-20(25)26)21-23-12-4-13-24-21/h4,8,10,12-13,15,17H,3,5-6,11,14H2,1-2H3,(H,25,26). The second-order valence-corrected chi connectivity index (χ2v) is 7.41. The van der Waals surface area contributed by atoms with Gasteiger partial charge in [0.25, 0.3) is 0 Å². The Bertz CT molecular complexity index is 866. The second-order valence-electron chi connectivity index (χ2n) is 7.41. The molecule has 0 radical (unpaired) electrons. The fourth-order valence-electron chi connectivity index (χ4n) is 3.20. The predicted molar refractivity (Wildman–Crippen MR) is 103 cm³/mol.